The molecule has 9 heteroatoms. The largest absolute Gasteiger partial charge is 0.481 e. The second-order valence-corrected chi connectivity index (χ2v) is 10.6. The van der Waals surface area contributed by atoms with Gasteiger partial charge >= 0.3 is 5.97 Å². The molecule has 0 heterocycles. The average Bonchev–Trinajstić information content (AvgIpc) is 2.90. The van der Waals surface area contributed by atoms with Gasteiger partial charge in [-0.2, -0.15) is 0 Å². The standard InChI is InChI=1S/C28H24BrFN2O4S/c29-18-10-15-24(23(30)16-18)32-27(34)25(17-6-2-1-3-7-17)37-20-13-11-19(12-14-20)31-26(33)21-8-4-5-9-22(21)28(35)36/h1-7,10-16,21-22,25H,8-9H2,(H,31,33)(H,32,34)(H,35,36). The van der Waals surface area contributed by atoms with Crippen molar-refractivity contribution in [3.63, 3.8) is 0 Å². The van der Waals surface area contributed by atoms with E-state index < -0.39 is 28.9 Å². The molecular formula is C28H24BrFN2O4S. The summed E-state index contributed by atoms with van der Waals surface area (Å²) in [6.07, 6.45) is 4.33. The molecule has 0 bridgehead atoms. The highest BCUT2D eigenvalue weighted by Crippen LogP contribution is 2.37. The van der Waals surface area contributed by atoms with Gasteiger partial charge in [0.25, 0.3) is 0 Å². The van der Waals surface area contributed by atoms with Crippen molar-refractivity contribution in [1.29, 1.82) is 0 Å². The van der Waals surface area contributed by atoms with Gasteiger partial charge < -0.3 is 15.7 Å². The smallest absolute Gasteiger partial charge is 0.307 e. The minimum absolute atomic E-state index is 0.0880. The van der Waals surface area contributed by atoms with Crippen LogP contribution >= 0.6 is 27.7 Å². The van der Waals surface area contributed by atoms with Crippen LogP contribution in [-0.4, -0.2) is 22.9 Å². The maximum Gasteiger partial charge on any atom is 0.307 e. The molecule has 37 heavy (non-hydrogen) atoms. The Hall–Kier alpha value is -3.43. The predicted octanol–water partition coefficient (Wildman–Crippen LogP) is 6.67. The number of carboxylic acid groups (broad SMARTS) is 1. The highest BCUT2D eigenvalue weighted by molar-refractivity contribution is 9.10. The van der Waals surface area contributed by atoms with Crippen LogP contribution in [0.2, 0.25) is 0 Å². The van der Waals surface area contributed by atoms with E-state index >= 15 is 0 Å². The zero-order valence-corrected chi connectivity index (χ0v) is 22.0. The summed E-state index contributed by atoms with van der Waals surface area (Å²) in [4.78, 5) is 38.2. The van der Waals surface area contributed by atoms with Crippen LogP contribution in [0.3, 0.4) is 0 Å². The Balaban J connectivity index is 1.47. The van der Waals surface area contributed by atoms with Crippen LogP contribution in [0.15, 0.2) is 94.3 Å². The molecule has 6 nitrogen and oxygen atoms in total. The van der Waals surface area contributed by atoms with E-state index in [1.807, 2.05) is 36.4 Å². The van der Waals surface area contributed by atoms with Gasteiger partial charge in [-0.1, -0.05) is 58.4 Å². The average molecular weight is 583 g/mol. The van der Waals surface area contributed by atoms with Gasteiger partial charge in [-0.15, -0.1) is 11.8 Å². The first-order valence-corrected chi connectivity index (χ1v) is 13.3. The van der Waals surface area contributed by atoms with Crippen molar-refractivity contribution in [3.8, 4) is 0 Å². The molecule has 0 aromatic heterocycles. The number of carboxylic acids is 1. The minimum atomic E-state index is -0.982. The van der Waals surface area contributed by atoms with E-state index in [4.69, 9.17) is 0 Å². The third-order valence-electron chi connectivity index (χ3n) is 5.99. The number of allylic oxidation sites excluding steroid dienone is 2. The zero-order valence-electron chi connectivity index (χ0n) is 19.6. The molecule has 0 spiro atoms. The molecule has 3 N–H and O–H groups in total. The minimum Gasteiger partial charge on any atom is -0.481 e. The number of thioether (sulfide) groups is 1. The fourth-order valence-electron chi connectivity index (χ4n) is 4.05. The van der Waals surface area contributed by atoms with Crippen molar-refractivity contribution in [3.05, 3.63) is 101 Å². The van der Waals surface area contributed by atoms with Crippen molar-refractivity contribution < 1.29 is 23.9 Å². The summed E-state index contributed by atoms with van der Waals surface area (Å²) in [5.41, 5.74) is 1.38. The lowest BCUT2D eigenvalue weighted by Crippen LogP contribution is -2.34. The lowest BCUT2D eigenvalue weighted by atomic mass is 9.82. The number of benzene rings is 3. The summed E-state index contributed by atoms with van der Waals surface area (Å²) in [7, 11) is 0. The van der Waals surface area contributed by atoms with E-state index in [2.05, 4.69) is 26.6 Å². The maximum atomic E-state index is 14.3. The number of aliphatic carboxylic acids is 1. The lowest BCUT2D eigenvalue weighted by molar-refractivity contribution is -0.146. The summed E-state index contributed by atoms with van der Waals surface area (Å²) in [5.74, 6) is -3.62. The van der Waals surface area contributed by atoms with Gasteiger partial charge in [0.1, 0.15) is 11.1 Å². The number of hydrogen-bond acceptors (Lipinski definition) is 4. The molecule has 1 aliphatic carbocycles. The van der Waals surface area contributed by atoms with Crippen LogP contribution < -0.4 is 10.6 Å². The first-order valence-electron chi connectivity index (χ1n) is 11.6. The Kier molecular flexibility index (Phi) is 8.78. The van der Waals surface area contributed by atoms with Crippen molar-refractivity contribution in [2.24, 2.45) is 11.8 Å². The second-order valence-electron chi connectivity index (χ2n) is 8.53. The number of rotatable bonds is 8. The normalized spacial score (nSPS) is 17.6. The summed E-state index contributed by atoms with van der Waals surface area (Å²) in [6, 6.07) is 20.6. The molecule has 0 fully saturated rings. The fraction of sp³-hybridized carbons (Fsp3) is 0.179. The Morgan fingerprint density at radius 1 is 0.919 bits per heavy atom. The predicted molar refractivity (Wildman–Crippen MR) is 146 cm³/mol. The van der Waals surface area contributed by atoms with Gasteiger partial charge in [0.2, 0.25) is 11.8 Å². The van der Waals surface area contributed by atoms with Crippen LogP contribution in [0.25, 0.3) is 0 Å². The van der Waals surface area contributed by atoms with Crippen LogP contribution in [-0.2, 0) is 14.4 Å². The van der Waals surface area contributed by atoms with E-state index in [1.165, 1.54) is 23.9 Å². The fourth-order valence-corrected chi connectivity index (χ4v) is 5.41. The number of anilines is 2. The Labute approximate surface area is 226 Å². The SMILES string of the molecule is O=C(Nc1ccc(Br)cc1F)C(Sc1ccc(NC(=O)C2CC=CCC2C(=O)O)cc1)c1ccccc1. The number of amides is 2. The van der Waals surface area contributed by atoms with E-state index in [9.17, 15) is 23.9 Å². The molecule has 2 amide bonds. The summed E-state index contributed by atoms with van der Waals surface area (Å²) in [6.45, 7) is 0. The van der Waals surface area contributed by atoms with Gasteiger partial charge in [0.15, 0.2) is 0 Å². The second kappa shape index (κ2) is 12.2. The number of carbonyl (C=O) groups is 3. The van der Waals surface area contributed by atoms with Crippen molar-refractivity contribution >= 4 is 56.9 Å². The van der Waals surface area contributed by atoms with Crippen molar-refractivity contribution in [2.45, 2.75) is 23.0 Å². The quantitative estimate of drug-likeness (QED) is 0.204. The van der Waals surface area contributed by atoms with Gasteiger partial charge in [-0.05, 0) is 60.9 Å². The Morgan fingerprint density at radius 2 is 1.59 bits per heavy atom. The monoisotopic (exact) mass is 582 g/mol. The molecule has 190 valence electrons. The molecule has 0 aliphatic heterocycles. The first-order chi connectivity index (χ1) is 17.8. The van der Waals surface area contributed by atoms with Crippen LogP contribution in [0, 0.1) is 17.7 Å². The molecule has 0 radical (unpaired) electrons. The van der Waals surface area contributed by atoms with Crippen LogP contribution in [0.5, 0.6) is 0 Å². The maximum absolute atomic E-state index is 14.3. The van der Waals surface area contributed by atoms with E-state index in [-0.39, 0.29) is 17.5 Å². The number of hydrogen-bond donors (Lipinski definition) is 3. The lowest BCUT2D eigenvalue weighted by Gasteiger charge is -2.24. The summed E-state index contributed by atoms with van der Waals surface area (Å²) < 4.78 is 14.9. The molecule has 4 rings (SSSR count). The number of nitrogens with one attached hydrogen (secondary N) is 2. The topological polar surface area (TPSA) is 95.5 Å². The highest BCUT2D eigenvalue weighted by atomic mass is 79.9. The molecule has 0 saturated carbocycles. The number of halogens is 2. The van der Waals surface area contributed by atoms with Gasteiger partial charge in [-0.25, -0.2) is 4.39 Å². The van der Waals surface area contributed by atoms with E-state index in [0.717, 1.165) is 10.5 Å². The van der Waals surface area contributed by atoms with Gasteiger partial charge in [-0.3, -0.25) is 14.4 Å². The van der Waals surface area contributed by atoms with E-state index in [1.54, 1.807) is 36.4 Å². The summed E-state index contributed by atoms with van der Waals surface area (Å²) >= 11 is 4.51. The molecule has 3 aromatic carbocycles. The highest BCUT2D eigenvalue weighted by Gasteiger charge is 2.34. The Morgan fingerprint density at radius 3 is 2.24 bits per heavy atom. The zero-order chi connectivity index (χ0) is 26.4. The first kappa shape index (κ1) is 26.6. The third-order valence-corrected chi connectivity index (χ3v) is 7.75. The molecule has 1 aliphatic rings. The van der Waals surface area contributed by atoms with Gasteiger partial charge in [0.05, 0.1) is 17.5 Å². The molecule has 3 atom stereocenters. The summed E-state index contributed by atoms with van der Waals surface area (Å²) in [5, 5.41) is 14.3. The molecule has 0 saturated heterocycles. The van der Waals surface area contributed by atoms with E-state index in [0.29, 0.717) is 23.0 Å². The van der Waals surface area contributed by atoms with Crippen LogP contribution in [0.1, 0.15) is 23.7 Å². The number of carbonyl (C=O) groups excluding carboxylic acids is 2. The van der Waals surface area contributed by atoms with Gasteiger partial charge in [0, 0.05) is 15.1 Å². The third kappa shape index (κ3) is 6.87. The van der Waals surface area contributed by atoms with Crippen molar-refractivity contribution in [2.75, 3.05) is 10.6 Å². The molecular weight excluding hydrogens is 559 g/mol. The van der Waals surface area contributed by atoms with Crippen molar-refractivity contribution in [1.82, 2.24) is 0 Å². The molecule has 3 aromatic rings. The van der Waals surface area contributed by atoms with Crippen LogP contribution in [0.4, 0.5) is 15.8 Å². The molecule has 3 unspecified atom stereocenters. The Bertz CT molecular complexity index is 1320.